The summed E-state index contributed by atoms with van der Waals surface area (Å²) in [5.74, 6) is 0.562. The molecular formula is C22H18ClN3O2S2. The van der Waals surface area contributed by atoms with Crippen LogP contribution in [0.5, 0.6) is 0 Å². The molecule has 1 atom stereocenters. The van der Waals surface area contributed by atoms with Gasteiger partial charge >= 0.3 is 0 Å². The largest absolute Gasteiger partial charge is 0.410 e. The molecule has 2 aromatic carbocycles. The van der Waals surface area contributed by atoms with Crippen LogP contribution in [0.4, 0.5) is 0 Å². The van der Waals surface area contributed by atoms with Gasteiger partial charge in [-0.15, -0.1) is 21.5 Å². The van der Waals surface area contributed by atoms with Crippen molar-refractivity contribution < 1.29 is 9.21 Å². The van der Waals surface area contributed by atoms with Gasteiger partial charge in [0, 0.05) is 10.1 Å². The molecule has 8 heteroatoms. The number of thiophene rings is 1. The van der Waals surface area contributed by atoms with Crippen LogP contribution in [-0.4, -0.2) is 21.9 Å². The third kappa shape index (κ3) is 3.85. The topological polar surface area (TPSA) is 68.0 Å². The van der Waals surface area contributed by atoms with Crippen molar-refractivity contribution in [2.45, 2.75) is 30.5 Å². The van der Waals surface area contributed by atoms with E-state index in [1.165, 1.54) is 34.2 Å². The van der Waals surface area contributed by atoms with Gasteiger partial charge in [-0.2, -0.15) is 0 Å². The lowest BCUT2D eigenvalue weighted by Crippen LogP contribution is -2.32. The Morgan fingerprint density at radius 1 is 1.20 bits per heavy atom. The third-order valence-electron chi connectivity index (χ3n) is 5.17. The van der Waals surface area contributed by atoms with Crippen LogP contribution in [0.1, 0.15) is 30.0 Å². The molecular weight excluding hydrogens is 438 g/mol. The molecule has 5 nitrogen and oxygen atoms in total. The first-order valence-electron chi connectivity index (χ1n) is 9.70. The van der Waals surface area contributed by atoms with E-state index in [9.17, 15) is 4.79 Å². The fourth-order valence-electron chi connectivity index (χ4n) is 3.78. The summed E-state index contributed by atoms with van der Waals surface area (Å²) in [6.45, 7) is 0. The zero-order valence-electron chi connectivity index (χ0n) is 15.9. The van der Waals surface area contributed by atoms with E-state index >= 15 is 0 Å². The van der Waals surface area contributed by atoms with E-state index in [2.05, 4.69) is 33.7 Å². The van der Waals surface area contributed by atoms with Crippen molar-refractivity contribution in [2.75, 3.05) is 5.75 Å². The van der Waals surface area contributed by atoms with Gasteiger partial charge in [0.15, 0.2) is 0 Å². The highest BCUT2D eigenvalue weighted by Gasteiger charge is 2.22. The van der Waals surface area contributed by atoms with E-state index in [0.29, 0.717) is 16.1 Å². The smallest absolute Gasteiger partial charge is 0.277 e. The number of benzene rings is 2. The molecule has 0 unspecified atom stereocenters. The number of rotatable bonds is 5. The highest BCUT2D eigenvalue weighted by atomic mass is 35.5. The number of fused-ring (bicyclic) bond motifs is 2. The van der Waals surface area contributed by atoms with Crippen LogP contribution in [0.25, 0.3) is 20.9 Å². The predicted octanol–water partition coefficient (Wildman–Crippen LogP) is 5.89. The van der Waals surface area contributed by atoms with Gasteiger partial charge in [0.25, 0.3) is 11.1 Å². The number of aromatic nitrogens is 2. The summed E-state index contributed by atoms with van der Waals surface area (Å²) in [7, 11) is 0. The van der Waals surface area contributed by atoms with E-state index in [4.69, 9.17) is 16.0 Å². The van der Waals surface area contributed by atoms with Crippen molar-refractivity contribution in [2.24, 2.45) is 0 Å². The average molecular weight is 456 g/mol. The molecule has 0 saturated carbocycles. The lowest BCUT2D eigenvalue weighted by molar-refractivity contribution is -0.119. The molecule has 1 aliphatic rings. The van der Waals surface area contributed by atoms with Crippen molar-refractivity contribution in [1.29, 1.82) is 0 Å². The molecule has 0 saturated heterocycles. The minimum absolute atomic E-state index is 0.0404. The molecule has 1 N–H and O–H groups in total. The summed E-state index contributed by atoms with van der Waals surface area (Å²) >= 11 is 9.24. The first-order chi connectivity index (χ1) is 14.7. The normalized spacial score (nSPS) is 15.8. The van der Waals surface area contributed by atoms with Crippen LogP contribution < -0.4 is 5.32 Å². The Labute approximate surface area is 186 Å². The van der Waals surface area contributed by atoms with E-state index in [-0.39, 0.29) is 17.7 Å². The quantitative estimate of drug-likeness (QED) is 0.380. The Balaban J connectivity index is 1.24. The number of halogens is 1. The summed E-state index contributed by atoms with van der Waals surface area (Å²) in [5, 5.41) is 13.3. The number of thioether (sulfide) groups is 1. The number of carbonyl (C=O) groups is 1. The monoisotopic (exact) mass is 455 g/mol. The molecule has 4 aromatic rings. The SMILES string of the molecule is O=C(CSc1nnc(-c2sc3ccccc3c2Cl)o1)N[C@H]1CCCc2ccccc21. The van der Waals surface area contributed by atoms with Gasteiger partial charge in [-0.1, -0.05) is 65.8 Å². The standard InChI is InChI=1S/C22H18ClN3O2S2/c23-19-15-9-3-4-11-17(15)30-20(19)21-25-26-22(28-21)29-12-18(27)24-16-10-5-7-13-6-1-2-8-14(13)16/h1-4,6,8-9,11,16H,5,7,10,12H2,(H,24,27)/t16-/m0/s1. The van der Waals surface area contributed by atoms with E-state index in [0.717, 1.165) is 34.2 Å². The molecule has 152 valence electrons. The van der Waals surface area contributed by atoms with Gasteiger partial charge in [0.1, 0.15) is 4.88 Å². The van der Waals surface area contributed by atoms with Crippen LogP contribution in [0.15, 0.2) is 58.2 Å². The van der Waals surface area contributed by atoms with Crippen molar-refractivity contribution in [3.05, 3.63) is 64.7 Å². The number of nitrogens with one attached hydrogen (secondary N) is 1. The highest BCUT2D eigenvalue weighted by molar-refractivity contribution is 7.99. The van der Waals surface area contributed by atoms with Gasteiger partial charge in [-0.3, -0.25) is 4.79 Å². The molecule has 0 spiro atoms. The maximum atomic E-state index is 12.5. The second-order valence-electron chi connectivity index (χ2n) is 7.11. The Morgan fingerprint density at radius 3 is 2.93 bits per heavy atom. The Morgan fingerprint density at radius 2 is 2.03 bits per heavy atom. The average Bonchev–Trinajstić information content (AvgIpc) is 3.37. The maximum Gasteiger partial charge on any atom is 0.277 e. The van der Waals surface area contributed by atoms with Crippen molar-refractivity contribution in [3.8, 4) is 10.8 Å². The third-order valence-corrected chi connectivity index (χ3v) is 7.65. The van der Waals surface area contributed by atoms with E-state index in [1.807, 2.05) is 30.3 Å². The number of aryl methyl sites for hydroxylation is 1. The number of hydrogen-bond acceptors (Lipinski definition) is 6. The van der Waals surface area contributed by atoms with E-state index < -0.39 is 0 Å². The lowest BCUT2D eigenvalue weighted by atomic mass is 9.88. The van der Waals surface area contributed by atoms with Gasteiger partial charge in [-0.05, 0) is 36.5 Å². The number of carbonyl (C=O) groups excluding carboxylic acids is 1. The van der Waals surface area contributed by atoms with Gasteiger partial charge in [0.2, 0.25) is 5.91 Å². The molecule has 2 heterocycles. The van der Waals surface area contributed by atoms with Crippen molar-refractivity contribution in [3.63, 3.8) is 0 Å². The first-order valence-corrected chi connectivity index (χ1v) is 11.9. The minimum Gasteiger partial charge on any atom is -0.410 e. The van der Waals surface area contributed by atoms with Crippen molar-refractivity contribution >= 4 is 50.7 Å². The number of hydrogen-bond donors (Lipinski definition) is 1. The predicted molar refractivity (Wildman–Crippen MR) is 121 cm³/mol. The summed E-state index contributed by atoms with van der Waals surface area (Å²) in [5.41, 5.74) is 2.55. The Kier molecular flexibility index (Phi) is 5.50. The minimum atomic E-state index is -0.0404. The molecule has 0 radical (unpaired) electrons. The fraction of sp³-hybridized carbons (Fsp3) is 0.227. The first kappa shape index (κ1) is 19.6. The van der Waals surface area contributed by atoms with Crippen LogP contribution >= 0.6 is 34.7 Å². The highest BCUT2D eigenvalue weighted by Crippen LogP contribution is 2.41. The molecule has 0 bridgehead atoms. The summed E-state index contributed by atoms with van der Waals surface area (Å²) in [6, 6.07) is 16.3. The van der Waals surface area contributed by atoms with Gasteiger partial charge in [0.05, 0.1) is 16.8 Å². The fourth-order valence-corrected chi connectivity index (χ4v) is 5.79. The van der Waals surface area contributed by atoms with Crippen LogP contribution in [0.3, 0.4) is 0 Å². The Bertz CT molecular complexity index is 1220. The van der Waals surface area contributed by atoms with Crippen LogP contribution in [0.2, 0.25) is 5.02 Å². The molecule has 30 heavy (non-hydrogen) atoms. The number of amides is 1. The maximum absolute atomic E-state index is 12.5. The summed E-state index contributed by atoms with van der Waals surface area (Å²) in [6.07, 6.45) is 3.11. The Hall–Kier alpha value is -2.35. The van der Waals surface area contributed by atoms with Crippen LogP contribution in [-0.2, 0) is 11.2 Å². The summed E-state index contributed by atoms with van der Waals surface area (Å²) < 4.78 is 6.83. The molecule has 0 aliphatic heterocycles. The van der Waals surface area contributed by atoms with E-state index in [1.54, 1.807) is 0 Å². The molecule has 1 amide bonds. The van der Waals surface area contributed by atoms with Crippen molar-refractivity contribution in [1.82, 2.24) is 15.5 Å². The second-order valence-corrected chi connectivity index (χ2v) is 9.47. The molecule has 5 rings (SSSR count). The number of nitrogens with zero attached hydrogens (tertiary/aromatic N) is 2. The lowest BCUT2D eigenvalue weighted by Gasteiger charge is -2.26. The molecule has 2 aromatic heterocycles. The van der Waals surface area contributed by atoms with Gasteiger partial charge in [-0.25, -0.2) is 0 Å². The van der Waals surface area contributed by atoms with Crippen LogP contribution in [0, 0.1) is 0 Å². The van der Waals surface area contributed by atoms with Gasteiger partial charge < -0.3 is 9.73 Å². The zero-order valence-corrected chi connectivity index (χ0v) is 18.3. The zero-order chi connectivity index (χ0) is 20.5. The second kappa shape index (κ2) is 8.41. The molecule has 1 aliphatic carbocycles. The molecule has 0 fully saturated rings. The summed E-state index contributed by atoms with van der Waals surface area (Å²) in [4.78, 5) is 13.3.